The standard InChI is InChI=1S/C18H24N6S.HI/c1-19-17(22-10-15-25-16-6-3-2-4-7-16)23-11-13-24(14-12-23)18-20-8-5-9-21-18;/h2-9H,10-15H2,1H3,(H,19,22);1H. The molecule has 0 bridgehead atoms. The lowest BCUT2D eigenvalue weighted by atomic mass is 10.3. The zero-order valence-corrected chi connectivity index (χ0v) is 18.1. The molecule has 1 N–H and O–H groups in total. The molecule has 0 atom stereocenters. The van der Waals surface area contributed by atoms with Crippen LogP contribution in [0.25, 0.3) is 0 Å². The van der Waals surface area contributed by atoms with Gasteiger partial charge in [-0.25, -0.2) is 9.97 Å². The van der Waals surface area contributed by atoms with Crippen molar-refractivity contribution in [3.63, 3.8) is 0 Å². The molecule has 1 fully saturated rings. The van der Waals surface area contributed by atoms with Gasteiger partial charge in [-0.05, 0) is 18.2 Å². The smallest absolute Gasteiger partial charge is 0.225 e. The van der Waals surface area contributed by atoms with Crippen molar-refractivity contribution in [3.8, 4) is 0 Å². The summed E-state index contributed by atoms with van der Waals surface area (Å²) in [5.74, 6) is 2.80. The van der Waals surface area contributed by atoms with E-state index >= 15 is 0 Å². The van der Waals surface area contributed by atoms with Gasteiger partial charge >= 0.3 is 0 Å². The Morgan fingerprint density at radius 2 is 1.77 bits per heavy atom. The summed E-state index contributed by atoms with van der Waals surface area (Å²) in [4.78, 5) is 18.9. The Hall–Kier alpha value is -1.55. The summed E-state index contributed by atoms with van der Waals surface area (Å²) in [7, 11) is 1.85. The maximum Gasteiger partial charge on any atom is 0.225 e. The minimum absolute atomic E-state index is 0. The fourth-order valence-electron chi connectivity index (χ4n) is 2.75. The maximum atomic E-state index is 4.43. The summed E-state index contributed by atoms with van der Waals surface area (Å²) in [5.41, 5.74) is 0. The molecule has 0 amide bonds. The molecule has 8 heteroatoms. The van der Waals surface area contributed by atoms with E-state index in [1.807, 2.05) is 30.9 Å². The van der Waals surface area contributed by atoms with Crippen molar-refractivity contribution in [2.24, 2.45) is 4.99 Å². The van der Waals surface area contributed by atoms with Crippen LogP contribution in [0.15, 0.2) is 58.7 Å². The van der Waals surface area contributed by atoms with Gasteiger partial charge in [0.1, 0.15) is 0 Å². The van der Waals surface area contributed by atoms with Gasteiger partial charge in [-0.1, -0.05) is 18.2 Å². The molecular weight excluding hydrogens is 459 g/mol. The Labute approximate surface area is 176 Å². The number of aromatic nitrogens is 2. The molecule has 1 aliphatic rings. The van der Waals surface area contributed by atoms with Crippen LogP contribution < -0.4 is 10.2 Å². The van der Waals surface area contributed by atoms with E-state index in [0.29, 0.717) is 0 Å². The van der Waals surface area contributed by atoms with Gasteiger partial charge in [-0.3, -0.25) is 4.99 Å². The molecule has 140 valence electrons. The van der Waals surface area contributed by atoms with Gasteiger partial charge in [0.15, 0.2) is 5.96 Å². The van der Waals surface area contributed by atoms with E-state index in [-0.39, 0.29) is 24.0 Å². The molecular formula is C18H25IN6S. The van der Waals surface area contributed by atoms with E-state index in [1.165, 1.54) is 4.90 Å². The first kappa shape index (κ1) is 20.8. The van der Waals surface area contributed by atoms with Crippen LogP contribution in [0.1, 0.15) is 0 Å². The van der Waals surface area contributed by atoms with Crippen LogP contribution in [0.2, 0.25) is 0 Å². The Balaban J connectivity index is 0.00000243. The number of nitrogens with one attached hydrogen (secondary N) is 1. The number of guanidine groups is 1. The number of benzene rings is 1. The molecule has 0 saturated carbocycles. The zero-order chi connectivity index (χ0) is 17.3. The molecule has 0 unspecified atom stereocenters. The van der Waals surface area contributed by atoms with Gasteiger partial charge in [0.05, 0.1) is 0 Å². The van der Waals surface area contributed by atoms with Gasteiger partial charge in [0.2, 0.25) is 5.95 Å². The van der Waals surface area contributed by atoms with Crippen LogP contribution in [-0.4, -0.2) is 66.4 Å². The highest BCUT2D eigenvalue weighted by Crippen LogP contribution is 2.16. The number of hydrogen-bond acceptors (Lipinski definition) is 5. The molecule has 0 aliphatic carbocycles. The first-order valence-electron chi connectivity index (χ1n) is 8.52. The van der Waals surface area contributed by atoms with Gasteiger partial charge in [0.25, 0.3) is 0 Å². The molecule has 1 aromatic heterocycles. The van der Waals surface area contributed by atoms with Crippen molar-refractivity contribution >= 4 is 47.6 Å². The third-order valence-electron chi connectivity index (χ3n) is 4.02. The van der Waals surface area contributed by atoms with Crippen LogP contribution in [0.4, 0.5) is 5.95 Å². The topological polar surface area (TPSA) is 56.7 Å². The Morgan fingerprint density at radius 3 is 2.42 bits per heavy atom. The monoisotopic (exact) mass is 484 g/mol. The number of rotatable bonds is 5. The largest absolute Gasteiger partial charge is 0.355 e. The first-order valence-corrected chi connectivity index (χ1v) is 9.51. The predicted octanol–water partition coefficient (Wildman–Crippen LogP) is 2.58. The third kappa shape index (κ3) is 6.01. The predicted molar refractivity (Wildman–Crippen MR) is 120 cm³/mol. The minimum Gasteiger partial charge on any atom is -0.355 e. The van der Waals surface area contributed by atoms with Crippen molar-refractivity contribution < 1.29 is 0 Å². The van der Waals surface area contributed by atoms with E-state index in [0.717, 1.165) is 50.4 Å². The van der Waals surface area contributed by atoms with E-state index in [1.54, 1.807) is 12.4 Å². The summed E-state index contributed by atoms with van der Waals surface area (Å²) in [6.07, 6.45) is 3.58. The summed E-state index contributed by atoms with van der Waals surface area (Å²) >= 11 is 1.86. The van der Waals surface area contributed by atoms with Crippen molar-refractivity contribution in [2.75, 3.05) is 50.4 Å². The first-order chi connectivity index (χ1) is 12.4. The molecule has 0 spiro atoms. The second-order valence-electron chi connectivity index (χ2n) is 5.66. The normalized spacial score (nSPS) is 14.7. The quantitative estimate of drug-likeness (QED) is 0.232. The molecule has 0 radical (unpaired) electrons. The number of hydrogen-bond donors (Lipinski definition) is 1. The second-order valence-corrected chi connectivity index (χ2v) is 6.83. The van der Waals surface area contributed by atoms with Gasteiger partial charge < -0.3 is 15.1 Å². The van der Waals surface area contributed by atoms with Crippen LogP contribution in [0.5, 0.6) is 0 Å². The number of halogens is 1. The minimum atomic E-state index is 0. The summed E-state index contributed by atoms with van der Waals surface area (Å²) in [6, 6.07) is 12.3. The van der Waals surface area contributed by atoms with Crippen molar-refractivity contribution in [2.45, 2.75) is 4.90 Å². The average molecular weight is 484 g/mol. The molecule has 1 saturated heterocycles. The number of anilines is 1. The van der Waals surface area contributed by atoms with E-state index < -0.39 is 0 Å². The number of piperazine rings is 1. The van der Waals surface area contributed by atoms with Gasteiger partial charge in [-0.2, -0.15) is 0 Å². The van der Waals surface area contributed by atoms with Crippen molar-refractivity contribution in [1.29, 1.82) is 0 Å². The number of thioether (sulfide) groups is 1. The number of nitrogens with zero attached hydrogens (tertiary/aromatic N) is 5. The van der Waals surface area contributed by atoms with Crippen molar-refractivity contribution in [3.05, 3.63) is 48.8 Å². The lowest BCUT2D eigenvalue weighted by Crippen LogP contribution is -2.53. The fourth-order valence-corrected chi connectivity index (χ4v) is 3.54. The molecule has 2 aromatic rings. The SMILES string of the molecule is CN=C(NCCSc1ccccc1)N1CCN(c2ncccn2)CC1.I. The lowest BCUT2D eigenvalue weighted by molar-refractivity contribution is 0.371. The molecule has 26 heavy (non-hydrogen) atoms. The van der Waals surface area contributed by atoms with Crippen LogP contribution in [-0.2, 0) is 0 Å². The summed E-state index contributed by atoms with van der Waals surface area (Å²) in [5, 5.41) is 3.47. The fraction of sp³-hybridized carbons (Fsp3) is 0.389. The second kappa shape index (κ2) is 11.2. The third-order valence-corrected chi connectivity index (χ3v) is 5.04. The van der Waals surface area contributed by atoms with E-state index in [4.69, 9.17) is 0 Å². The van der Waals surface area contributed by atoms with Crippen molar-refractivity contribution in [1.82, 2.24) is 20.2 Å². The van der Waals surface area contributed by atoms with Gasteiger partial charge in [-0.15, -0.1) is 35.7 Å². The van der Waals surface area contributed by atoms with E-state index in [2.05, 4.69) is 54.3 Å². The highest BCUT2D eigenvalue weighted by Gasteiger charge is 2.20. The van der Waals surface area contributed by atoms with Crippen LogP contribution in [0, 0.1) is 0 Å². The van der Waals surface area contributed by atoms with Gasteiger partial charge in [0, 0.05) is 62.8 Å². The molecule has 1 aromatic carbocycles. The van der Waals surface area contributed by atoms with E-state index in [9.17, 15) is 0 Å². The highest BCUT2D eigenvalue weighted by atomic mass is 127. The molecule has 1 aliphatic heterocycles. The highest BCUT2D eigenvalue weighted by molar-refractivity contribution is 14.0. The summed E-state index contributed by atoms with van der Waals surface area (Å²) in [6.45, 7) is 4.55. The Morgan fingerprint density at radius 1 is 1.08 bits per heavy atom. The Bertz CT molecular complexity index is 662. The molecule has 3 rings (SSSR count). The maximum absolute atomic E-state index is 4.43. The molecule has 6 nitrogen and oxygen atoms in total. The Kier molecular flexibility index (Phi) is 8.96. The zero-order valence-electron chi connectivity index (χ0n) is 14.9. The average Bonchev–Trinajstić information content (AvgIpc) is 2.70. The van der Waals surface area contributed by atoms with Crippen LogP contribution >= 0.6 is 35.7 Å². The van der Waals surface area contributed by atoms with Crippen LogP contribution in [0.3, 0.4) is 0 Å². The summed E-state index contributed by atoms with van der Waals surface area (Å²) < 4.78 is 0. The number of aliphatic imine (C=N–C) groups is 1. The lowest BCUT2D eigenvalue weighted by Gasteiger charge is -2.36. The molecule has 2 heterocycles.